The van der Waals surface area contributed by atoms with Crippen LogP contribution in [-0.4, -0.2) is 55.4 Å². The lowest BCUT2D eigenvalue weighted by atomic mass is 10.2. The molecular formula is C24H24F3N3O7S. The Labute approximate surface area is 216 Å². The van der Waals surface area contributed by atoms with Gasteiger partial charge in [0, 0.05) is 13.1 Å². The van der Waals surface area contributed by atoms with Crippen molar-refractivity contribution in [3.63, 3.8) is 0 Å². The summed E-state index contributed by atoms with van der Waals surface area (Å²) in [5.41, 5.74) is 0.979. The molecule has 0 unspecified atom stereocenters. The van der Waals surface area contributed by atoms with Crippen LogP contribution in [0.1, 0.15) is 22.8 Å². The van der Waals surface area contributed by atoms with Crippen molar-refractivity contribution in [1.82, 2.24) is 4.98 Å². The monoisotopic (exact) mass is 555 g/mol. The number of anilines is 2. The highest BCUT2D eigenvalue weighted by Gasteiger charge is 2.38. The maximum atomic E-state index is 12.7. The molecule has 1 heterocycles. The SMILES string of the molecule is CCN(Cc1ccccc1)c1ncc(NS(=O)(=O)c2ccc(OC)cc2)cc1C(=O)O.O=C(O)C(F)(F)F. The summed E-state index contributed by atoms with van der Waals surface area (Å²) in [5, 5.41) is 16.8. The van der Waals surface area contributed by atoms with Crippen LogP contribution >= 0.6 is 0 Å². The normalized spacial score (nSPS) is 11.1. The lowest BCUT2D eigenvalue weighted by Gasteiger charge is -2.24. The number of aromatic nitrogens is 1. The van der Waals surface area contributed by atoms with Gasteiger partial charge in [-0.3, -0.25) is 4.72 Å². The van der Waals surface area contributed by atoms with Crippen LogP contribution in [-0.2, 0) is 21.4 Å². The predicted octanol–water partition coefficient (Wildman–Crippen LogP) is 4.25. The maximum absolute atomic E-state index is 12.7. The second-order valence-electron chi connectivity index (χ2n) is 7.48. The molecule has 0 aliphatic carbocycles. The van der Waals surface area contributed by atoms with E-state index < -0.39 is 28.1 Å². The van der Waals surface area contributed by atoms with Crippen molar-refractivity contribution in [3.8, 4) is 5.75 Å². The van der Waals surface area contributed by atoms with E-state index in [1.807, 2.05) is 42.2 Å². The first-order valence-corrected chi connectivity index (χ1v) is 12.3. The number of rotatable bonds is 9. The van der Waals surface area contributed by atoms with Gasteiger partial charge in [-0.1, -0.05) is 30.3 Å². The zero-order valence-electron chi connectivity index (χ0n) is 20.1. The molecule has 1 aromatic heterocycles. The summed E-state index contributed by atoms with van der Waals surface area (Å²) in [6.45, 7) is 2.90. The predicted molar refractivity (Wildman–Crippen MR) is 132 cm³/mol. The van der Waals surface area contributed by atoms with E-state index in [9.17, 15) is 31.5 Å². The van der Waals surface area contributed by atoms with Crippen molar-refractivity contribution in [3.05, 3.63) is 78.0 Å². The van der Waals surface area contributed by atoms with Crippen LogP contribution < -0.4 is 14.4 Å². The molecule has 0 aliphatic rings. The van der Waals surface area contributed by atoms with Crippen LogP contribution in [0.3, 0.4) is 0 Å². The fourth-order valence-electron chi connectivity index (χ4n) is 3.03. The van der Waals surface area contributed by atoms with E-state index in [1.165, 1.54) is 43.6 Å². The van der Waals surface area contributed by atoms with E-state index >= 15 is 0 Å². The van der Waals surface area contributed by atoms with Crippen LogP contribution in [0.15, 0.2) is 71.8 Å². The molecule has 0 bridgehead atoms. The summed E-state index contributed by atoms with van der Waals surface area (Å²) in [6.07, 6.45) is -3.77. The summed E-state index contributed by atoms with van der Waals surface area (Å²) < 4.78 is 64.5. The van der Waals surface area contributed by atoms with Gasteiger partial charge in [0.2, 0.25) is 0 Å². The van der Waals surface area contributed by atoms with Crippen molar-refractivity contribution in [2.45, 2.75) is 24.5 Å². The summed E-state index contributed by atoms with van der Waals surface area (Å²) in [4.78, 5) is 26.9. The number of hydrogen-bond donors (Lipinski definition) is 3. The Balaban J connectivity index is 0.000000638. The molecule has 14 heteroatoms. The number of hydrogen-bond acceptors (Lipinski definition) is 7. The largest absolute Gasteiger partial charge is 0.497 e. The van der Waals surface area contributed by atoms with E-state index in [0.29, 0.717) is 18.8 Å². The maximum Gasteiger partial charge on any atom is 0.490 e. The fourth-order valence-corrected chi connectivity index (χ4v) is 4.07. The Kier molecular flexibility index (Phi) is 10.0. The summed E-state index contributed by atoms with van der Waals surface area (Å²) >= 11 is 0. The number of nitrogens with one attached hydrogen (secondary N) is 1. The number of nitrogens with zero attached hydrogens (tertiary/aromatic N) is 2. The highest BCUT2D eigenvalue weighted by atomic mass is 32.2. The van der Waals surface area contributed by atoms with Gasteiger partial charge in [-0.05, 0) is 42.8 Å². The van der Waals surface area contributed by atoms with Gasteiger partial charge in [0.15, 0.2) is 0 Å². The molecule has 10 nitrogen and oxygen atoms in total. The van der Waals surface area contributed by atoms with Crippen molar-refractivity contribution in [1.29, 1.82) is 0 Å². The van der Waals surface area contributed by atoms with Crippen LogP contribution in [0.2, 0.25) is 0 Å². The second-order valence-corrected chi connectivity index (χ2v) is 9.17. The molecule has 3 rings (SSSR count). The first-order chi connectivity index (χ1) is 17.8. The van der Waals surface area contributed by atoms with E-state index in [0.717, 1.165) is 5.56 Å². The highest BCUT2D eigenvalue weighted by Crippen LogP contribution is 2.25. The molecule has 3 N–H and O–H groups in total. The second kappa shape index (κ2) is 12.8. The van der Waals surface area contributed by atoms with Crippen molar-refractivity contribution in [2.75, 3.05) is 23.3 Å². The quantitative estimate of drug-likeness (QED) is 0.353. The van der Waals surface area contributed by atoms with E-state index in [-0.39, 0.29) is 22.0 Å². The Morgan fingerprint density at radius 3 is 2.11 bits per heavy atom. The Morgan fingerprint density at radius 1 is 1.05 bits per heavy atom. The van der Waals surface area contributed by atoms with Gasteiger partial charge in [0.25, 0.3) is 10.0 Å². The molecule has 0 aliphatic heterocycles. The minimum absolute atomic E-state index is 0.0218. The number of carboxylic acids is 2. The number of carboxylic acid groups (broad SMARTS) is 2. The smallest absolute Gasteiger partial charge is 0.490 e. The third-order valence-corrected chi connectivity index (χ3v) is 6.26. The standard InChI is InChI=1S/C22H23N3O5S.C2HF3O2/c1-3-25(15-16-7-5-4-6-8-16)21-20(22(26)27)13-17(14-23-21)24-31(28,29)19-11-9-18(30-2)10-12-19;3-2(4,5)1(6)7/h4-14,24H,3,15H2,1-2H3,(H,26,27);(H,6,7). The Bertz CT molecular complexity index is 1350. The van der Waals surface area contributed by atoms with E-state index in [4.69, 9.17) is 14.6 Å². The minimum atomic E-state index is -5.08. The molecule has 0 fully saturated rings. The number of aromatic carboxylic acids is 1. The van der Waals surface area contributed by atoms with Crippen LogP contribution in [0, 0.1) is 0 Å². The number of carbonyl (C=O) groups is 2. The van der Waals surface area contributed by atoms with E-state index in [1.54, 1.807) is 0 Å². The van der Waals surface area contributed by atoms with Gasteiger partial charge in [-0.2, -0.15) is 13.2 Å². The van der Waals surface area contributed by atoms with Crippen LogP contribution in [0.25, 0.3) is 0 Å². The minimum Gasteiger partial charge on any atom is -0.497 e. The van der Waals surface area contributed by atoms with Crippen molar-refractivity contribution >= 4 is 33.5 Å². The summed E-state index contributed by atoms with van der Waals surface area (Å²) in [6, 6.07) is 16.8. The van der Waals surface area contributed by atoms with Gasteiger partial charge in [-0.25, -0.2) is 23.0 Å². The van der Waals surface area contributed by atoms with Crippen molar-refractivity contribution < 1.29 is 46.1 Å². The zero-order valence-corrected chi connectivity index (χ0v) is 21.0. The number of benzene rings is 2. The lowest BCUT2D eigenvalue weighted by molar-refractivity contribution is -0.192. The summed E-state index contributed by atoms with van der Waals surface area (Å²) in [7, 11) is -2.43. The fraction of sp³-hybridized carbons (Fsp3) is 0.208. The van der Waals surface area contributed by atoms with Gasteiger partial charge < -0.3 is 19.8 Å². The lowest BCUT2D eigenvalue weighted by Crippen LogP contribution is -2.25. The molecule has 3 aromatic rings. The number of pyridine rings is 1. The number of sulfonamides is 1. The molecule has 38 heavy (non-hydrogen) atoms. The topological polar surface area (TPSA) is 146 Å². The molecule has 0 saturated heterocycles. The first-order valence-electron chi connectivity index (χ1n) is 10.8. The third-order valence-electron chi connectivity index (χ3n) is 4.86. The van der Waals surface area contributed by atoms with Crippen LogP contribution in [0.4, 0.5) is 24.7 Å². The van der Waals surface area contributed by atoms with Gasteiger partial charge in [0.1, 0.15) is 17.1 Å². The first kappa shape index (κ1) is 29.9. The third kappa shape index (κ3) is 8.37. The zero-order chi connectivity index (χ0) is 28.5. The molecule has 2 aromatic carbocycles. The Hall–Kier alpha value is -4.33. The molecule has 0 spiro atoms. The van der Waals surface area contributed by atoms with E-state index in [2.05, 4.69) is 9.71 Å². The molecular weight excluding hydrogens is 531 g/mol. The Morgan fingerprint density at radius 2 is 1.63 bits per heavy atom. The molecule has 0 saturated carbocycles. The number of ether oxygens (including phenoxy) is 1. The van der Waals surface area contributed by atoms with Crippen LogP contribution in [0.5, 0.6) is 5.75 Å². The molecule has 0 amide bonds. The number of alkyl halides is 3. The number of methoxy groups -OCH3 is 1. The molecule has 204 valence electrons. The van der Waals surface area contributed by atoms with Gasteiger partial charge >= 0.3 is 18.1 Å². The average molecular weight is 556 g/mol. The van der Waals surface area contributed by atoms with Gasteiger partial charge in [0.05, 0.1) is 23.9 Å². The summed E-state index contributed by atoms with van der Waals surface area (Å²) in [5.74, 6) is -3.16. The highest BCUT2D eigenvalue weighted by molar-refractivity contribution is 7.92. The number of halogens is 3. The number of aliphatic carboxylic acids is 1. The molecule has 0 radical (unpaired) electrons. The van der Waals surface area contributed by atoms with Crippen molar-refractivity contribution in [2.24, 2.45) is 0 Å². The molecule has 0 atom stereocenters. The van der Waals surface area contributed by atoms with Gasteiger partial charge in [-0.15, -0.1) is 0 Å². The average Bonchev–Trinajstić information content (AvgIpc) is 2.87.